The maximum Gasteiger partial charge on any atom is 0.309 e. The quantitative estimate of drug-likeness (QED) is 0.191. The van der Waals surface area contributed by atoms with Crippen molar-refractivity contribution in [3.8, 4) is 0 Å². The zero-order valence-corrected chi connectivity index (χ0v) is 24.7. The van der Waals surface area contributed by atoms with E-state index in [4.69, 9.17) is 9.47 Å². The van der Waals surface area contributed by atoms with E-state index in [1.807, 2.05) is 33.8 Å². The third kappa shape index (κ3) is 12.1. The highest BCUT2D eigenvalue weighted by atomic mass is 16.6. The Balaban J connectivity index is 2.97. The first-order valence-electron chi connectivity index (χ1n) is 14.2. The molecule has 0 aromatic rings. The first-order chi connectivity index (χ1) is 18.1. The van der Waals surface area contributed by atoms with Crippen LogP contribution in [0.25, 0.3) is 0 Å². The minimum atomic E-state index is -1.42. The van der Waals surface area contributed by atoms with Crippen LogP contribution in [0.15, 0.2) is 23.8 Å². The van der Waals surface area contributed by atoms with E-state index in [0.717, 1.165) is 12.0 Å². The molecule has 1 heterocycles. The first-order valence-corrected chi connectivity index (χ1v) is 14.2. The summed E-state index contributed by atoms with van der Waals surface area (Å²) in [7, 11) is 0. The van der Waals surface area contributed by atoms with E-state index in [-0.39, 0.29) is 31.1 Å². The van der Waals surface area contributed by atoms with Gasteiger partial charge >= 0.3 is 11.9 Å². The average molecular weight is 557 g/mol. The summed E-state index contributed by atoms with van der Waals surface area (Å²) in [6.45, 7) is 12.1. The number of hydrogen-bond acceptors (Lipinski definition) is 9. The van der Waals surface area contributed by atoms with Crippen molar-refractivity contribution < 1.29 is 44.6 Å². The van der Waals surface area contributed by atoms with Gasteiger partial charge in [-0.3, -0.25) is 9.59 Å². The van der Waals surface area contributed by atoms with E-state index >= 15 is 0 Å². The van der Waals surface area contributed by atoms with Gasteiger partial charge in [0.2, 0.25) is 0 Å². The van der Waals surface area contributed by atoms with Crippen LogP contribution in [0, 0.1) is 17.8 Å². The van der Waals surface area contributed by atoms with Crippen molar-refractivity contribution in [2.45, 2.75) is 136 Å². The molecule has 9 nitrogen and oxygen atoms in total. The van der Waals surface area contributed by atoms with Gasteiger partial charge in [-0.15, -0.1) is 0 Å². The predicted molar refractivity (Wildman–Crippen MR) is 148 cm³/mol. The molecule has 1 aliphatic rings. The Labute approximate surface area is 233 Å². The van der Waals surface area contributed by atoms with Gasteiger partial charge in [0.05, 0.1) is 30.8 Å². The minimum Gasteiger partial charge on any atom is -0.457 e. The fourth-order valence-corrected chi connectivity index (χ4v) is 4.96. The lowest BCUT2D eigenvalue weighted by molar-refractivity contribution is -0.157. The lowest BCUT2D eigenvalue weighted by Gasteiger charge is -2.32. The number of carbonyl (C=O) groups is 2. The van der Waals surface area contributed by atoms with E-state index in [9.17, 15) is 35.1 Å². The molecule has 1 rings (SSSR count). The van der Waals surface area contributed by atoms with Gasteiger partial charge in [0, 0.05) is 18.8 Å². The lowest BCUT2D eigenvalue weighted by Crippen LogP contribution is -2.42. The zero-order chi connectivity index (χ0) is 29.9. The highest BCUT2D eigenvalue weighted by molar-refractivity contribution is 5.70. The Kier molecular flexibility index (Phi) is 14.9. The summed E-state index contributed by atoms with van der Waals surface area (Å²) in [6, 6.07) is 0. The molecule has 0 aromatic carbocycles. The summed E-state index contributed by atoms with van der Waals surface area (Å²) in [5.41, 5.74) is -0.608. The van der Waals surface area contributed by atoms with Crippen LogP contribution in [0.3, 0.4) is 0 Å². The third-order valence-electron chi connectivity index (χ3n) is 7.79. The number of carbonyl (C=O) groups excluding carboxylic acids is 2. The van der Waals surface area contributed by atoms with E-state index in [0.29, 0.717) is 19.3 Å². The minimum absolute atomic E-state index is 0.0997. The molecule has 0 bridgehead atoms. The largest absolute Gasteiger partial charge is 0.457 e. The molecule has 10 unspecified atom stereocenters. The molecule has 39 heavy (non-hydrogen) atoms. The molecule has 10 atom stereocenters. The fourth-order valence-electron chi connectivity index (χ4n) is 4.96. The summed E-state index contributed by atoms with van der Waals surface area (Å²) in [4.78, 5) is 24.3. The van der Waals surface area contributed by atoms with Crippen LogP contribution in [-0.2, 0) is 19.1 Å². The molecule has 0 fully saturated rings. The third-order valence-corrected chi connectivity index (χ3v) is 7.79. The van der Waals surface area contributed by atoms with Crippen molar-refractivity contribution in [1.29, 1.82) is 0 Å². The number of aliphatic hydroxyl groups excluding tert-OH is 4. The number of esters is 2. The van der Waals surface area contributed by atoms with Gasteiger partial charge in [-0.05, 0) is 69.9 Å². The Morgan fingerprint density at radius 3 is 2.44 bits per heavy atom. The van der Waals surface area contributed by atoms with E-state index in [2.05, 4.69) is 0 Å². The normalized spacial score (nSPS) is 31.2. The van der Waals surface area contributed by atoms with Crippen molar-refractivity contribution in [3.05, 3.63) is 23.8 Å². The molecule has 0 radical (unpaired) electrons. The molecule has 0 saturated carbocycles. The predicted octanol–water partition coefficient (Wildman–Crippen LogP) is 3.20. The second kappa shape index (κ2) is 16.5. The average Bonchev–Trinajstić information content (AvgIpc) is 2.85. The molecule has 226 valence electrons. The van der Waals surface area contributed by atoms with Crippen LogP contribution in [-0.4, -0.2) is 79.7 Å². The molecule has 0 spiro atoms. The van der Waals surface area contributed by atoms with Gasteiger partial charge in [-0.1, -0.05) is 39.8 Å². The van der Waals surface area contributed by atoms with Crippen molar-refractivity contribution >= 4 is 11.9 Å². The highest BCUT2D eigenvalue weighted by Gasteiger charge is 2.35. The van der Waals surface area contributed by atoms with Crippen molar-refractivity contribution in [1.82, 2.24) is 0 Å². The number of cyclic esters (lactones) is 1. The van der Waals surface area contributed by atoms with Crippen LogP contribution in [0.1, 0.15) is 93.4 Å². The Hall–Kier alpha value is -1.78. The number of ether oxygens (including phenoxy) is 2. The van der Waals surface area contributed by atoms with Gasteiger partial charge in [-0.2, -0.15) is 0 Å². The molecule has 5 N–H and O–H groups in total. The maximum atomic E-state index is 12.6. The number of rotatable bonds is 11. The standard InChI is InChI=1S/C30H52O9/c1-8-24(33)21(5)28(36)25(34)16-18(2)10-9-11-19(3)29-20(4)12-13-26(38-22(6)31)30(7,37)15-14-23(32)17-27(35)39-29/h11-13,18,20-21,23-26,28-29,32-34,36-37H,8-10,14-17H2,1-7H3. The summed E-state index contributed by atoms with van der Waals surface area (Å²) in [5, 5.41) is 52.1. The van der Waals surface area contributed by atoms with Crippen LogP contribution >= 0.6 is 0 Å². The van der Waals surface area contributed by atoms with Gasteiger partial charge in [0.15, 0.2) is 0 Å². The van der Waals surface area contributed by atoms with Crippen molar-refractivity contribution in [2.75, 3.05) is 0 Å². The molecule has 9 heteroatoms. The molecule has 0 saturated heterocycles. The Morgan fingerprint density at radius 1 is 1.21 bits per heavy atom. The summed E-state index contributed by atoms with van der Waals surface area (Å²) < 4.78 is 11.1. The Morgan fingerprint density at radius 2 is 1.85 bits per heavy atom. The smallest absolute Gasteiger partial charge is 0.309 e. The first kappa shape index (κ1) is 35.2. The highest BCUT2D eigenvalue weighted by Crippen LogP contribution is 2.28. The van der Waals surface area contributed by atoms with Crippen molar-refractivity contribution in [3.63, 3.8) is 0 Å². The lowest BCUT2D eigenvalue weighted by atomic mass is 9.87. The number of allylic oxidation sites excluding steroid dienone is 1. The Bertz CT molecular complexity index is 821. The van der Waals surface area contributed by atoms with Gasteiger partial charge < -0.3 is 35.0 Å². The van der Waals surface area contributed by atoms with Crippen LogP contribution in [0.5, 0.6) is 0 Å². The maximum absolute atomic E-state index is 12.6. The van der Waals surface area contributed by atoms with Gasteiger partial charge in [-0.25, -0.2) is 0 Å². The summed E-state index contributed by atoms with van der Waals surface area (Å²) in [5.74, 6) is -1.70. The zero-order valence-electron chi connectivity index (χ0n) is 24.7. The van der Waals surface area contributed by atoms with Gasteiger partial charge in [0.1, 0.15) is 17.8 Å². The second-order valence-electron chi connectivity index (χ2n) is 11.7. The van der Waals surface area contributed by atoms with Crippen molar-refractivity contribution in [2.24, 2.45) is 17.8 Å². The molecule has 0 aromatic heterocycles. The summed E-state index contributed by atoms with van der Waals surface area (Å²) >= 11 is 0. The number of hydrogen-bond donors (Lipinski definition) is 5. The SMILES string of the molecule is CCC(O)C(C)C(O)C(O)CC(C)CCC=C(C)C1OC(=O)CC(O)CCC(C)(O)C(OC(C)=O)C=CC1C. The monoisotopic (exact) mass is 556 g/mol. The van der Waals surface area contributed by atoms with E-state index in [1.54, 1.807) is 26.0 Å². The van der Waals surface area contributed by atoms with E-state index in [1.165, 1.54) is 6.92 Å². The molecular weight excluding hydrogens is 504 g/mol. The molecule has 0 amide bonds. The molecule has 0 aliphatic carbocycles. The van der Waals surface area contributed by atoms with E-state index < -0.39 is 60.1 Å². The second-order valence-corrected chi connectivity index (χ2v) is 11.7. The van der Waals surface area contributed by atoms with Gasteiger partial charge in [0.25, 0.3) is 0 Å². The topological polar surface area (TPSA) is 154 Å². The van der Waals surface area contributed by atoms with Crippen LogP contribution in [0.4, 0.5) is 0 Å². The molecular formula is C30H52O9. The van der Waals surface area contributed by atoms with Crippen LogP contribution < -0.4 is 0 Å². The molecule has 1 aliphatic heterocycles. The summed E-state index contributed by atoms with van der Waals surface area (Å²) in [6.07, 6.45) is 2.52. The fraction of sp³-hybridized carbons (Fsp3) is 0.800. The number of aliphatic hydroxyl groups is 5. The van der Waals surface area contributed by atoms with Crippen LogP contribution in [0.2, 0.25) is 0 Å².